The van der Waals surface area contributed by atoms with E-state index >= 15 is 0 Å². The molecular weight excluding hydrogens is 1050 g/mol. The van der Waals surface area contributed by atoms with Gasteiger partial charge in [-0.15, -0.1) is 0 Å². The first kappa shape index (κ1) is 70.7. The monoisotopic (exact) mass is 1150 g/mol. The van der Waals surface area contributed by atoms with Gasteiger partial charge >= 0.3 is 0 Å². The summed E-state index contributed by atoms with van der Waals surface area (Å²) in [5.74, 6) is -9.26. The molecule has 0 unspecified atom stereocenters. The molecular formula is C56H98N12O13. The molecule has 2 saturated heterocycles. The Bertz CT molecular complexity index is 2280. The molecule has 25 nitrogen and oxygen atoms in total. The van der Waals surface area contributed by atoms with Crippen LogP contribution < -0.4 is 53.6 Å². The van der Waals surface area contributed by atoms with Crippen LogP contribution in [0.4, 0.5) is 0 Å². The van der Waals surface area contributed by atoms with E-state index in [2.05, 4.69) is 47.9 Å². The number of nitrogens with two attached hydrogens (primary N) is 1. The molecule has 2 aliphatic heterocycles. The Morgan fingerprint density at radius 1 is 0.494 bits per heavy atom. The van der Waals surface area contributed by atoms with Gasteiger partial charge < -0.3 is 68.5 Å². The number of aliphatic hydroxyl groups excluding tert-OH is 1. The molecule has 12 N–H and O–H groups in total. The lowest BCUT2D eigenvalue weighted by Gasteiger charge is -2.35. The maximum Gasteiger partial charge on any atom is 0.248 e. The maximum atomic E-state index is 14.5. The number of primary amides is 1. The number of amides is 12. The molecule has 2 aliphatic rings. The number of nitrogens with one attached hydrogen (secondary N) is 9. The molecule has 81 heavy (non-hydrogen) atoms. The van der Waals surface area contributed by atoms with Crippen LogP contribution >= 0.6 is 0 Å². The van der Waals surface area contributed by atoms with E-state index in [0.29, 0.717) is 19.3 Å². The van der Waals surface area contributed by atoms with Crippen molar-refractivity contribution >= 4 is 70.9 Å². The summed E-state index contributed by atoms with van der Waals surface area (Å²) in [6.07, 6.45) is 1.36. The maximum absolute atomic E-state index is 14.5. The van der Waals surface area contributed by atoms with E-state index in [0.717, 1.165) is 0 Å². The third-order valence-electron chi connectivity index (χ3n) is 14.3. The number of aliphatic hydroxyl groups is 1. The Kier molecular flexibility index (Phi) is 26.7. The summed E-state index contributed by atoms with van der Waals surface area (Å²) in [5.41, 5.74) is 0.748. The van der Waals surface area contributed by atoms with E-state index in [1.54, 1.807) is 13.8 Å². The quantitative estimate of drug-likeness (QED) is 0.0448. The van der Waals surface area contributed by atoms with Gasteiger partial charge in [-0.25, -0.2) is 0 Å². The van der Waals surface area contributed by atoms with Gasteiger partial charge in [0.25, 0.3) is 0 Å². The highest BCUT2D eigenvalue weighted by molar-refractivity contribution is 6.01. The lowest BCUT2D eigenvalue weighted by molar-refractivity contribution is -0.146. The van der Waals surface area contributed by atoms with Gasteiger partial charge in [0.05, 0.1) is 19.1 Å². The minimum atomic E-state index is -1.66. The van der Waals surface area contributed by atoms with Gasteiger partial charge in [-0.1, -0.05) is 69.2 Å². The van der Waals surface area contributed by atoms with E-state index in [1.165, 1.54) is 58.3 Å². The molecule has 25 heteroatoms. The second-order valence-electron chi connectivity index (χ2n) is 25.4. The van der Waals surface area contributed by atoms with E-state index < -0.39 is 148 Å². The van der Waals surface area contributed by atoms with Crippen LogP contribution in [0.1, 0.15) is 169 Å². The highest BCUT2D eigenvalue weighted by Crippen LogP contribution is 2.25. The fraction of sp³-hybridized carbons (Fsp3) is 0.786. The summed E-state index contributed by atoms with van der Waals surface area (Å²) in [6, 6.07) is -8.76. The van der Waals surface area contributed by atoms with Gasteiger partial charge in [0.1, 0.15) is 58.9 Å². The molecule has 460 valence electrons. The fourth-order valence-electron chi connectivity index (χ4n) is 9.83. The minimum absolute atomic E-state index is 0.0534. The van der Waals surface area contributed by atoms with Crippen molar-refractivity contribution in [2.24, 2.45) is 35.3 Å². The summed E-state index contributed by atoms with van der Waals surface area (Å²) in [5, 5.41) is 34.0. The highest BCUT2D eigenvalue weighted by atomic mass is 16.3. The predicted molar refractivity (Wildman–Crippen MR) is 302 cm³/mol. The molecule has 12 amide bonds. The third-order valence-corrected chi connectivity index (χ3v) is 14.3. The van der Waals surface area contributed by atoms with Crippen molar-refractivity contribution in [1.82, 2.24) is 57.7 Å². The summed E-state index contributed by atoms with van der Waals surface area (Å²) < 4.78 is 0. The largest absolute Gasteiger partial charge is 0.394 e. The molecule has 0 bridgehead atoms. The molecule has 0 aromatic rings. The molecule has 0 aromatic carbocycles. The minimum Gasteiger partial charge on any atom is -0.394 e. The zero-order valence-corrected chi connectivity index (χ0v) is 51.1. The second-order valence-corrected chi connectivity index (χ2v) is 25.4. The van der Waals surface area contributed by atoms with Crippen molar-refractivity contribution in [2.75, 3.05) is 19.7 Å². The normalized spacial score (nSPS) is 18.1. The average molecular weight is 1150 g/mol. The van der Waals surface area contributed by atoms with Crippen LogP contribution in [0.5, 0.6) is 0 Å². The Labute approximate surface area is 478 Å². The average Bonchev–Trinajstić information content (AvgIpc) is 4.21. The van der Waals surface area contributed by atoms with Crippen LogP contribution in [0.3, 0.4) is 0 Å². The molecule has 2 rings (SSSR count). The topological polar surface area (TPSA) is 366 Å². The van der Waals surface area contributed by atoms with Crippen molar-refractivity contribution in [3.05, 3.63) is 0 Å². The number of likely N-dealkylation sites (tertiary alicyclic amines) is 2. The smallest absolute Gasteiger partial charge is 0.248 e. The molecule has 0 radical (unpaired) electrons. The number of nitrogens with zero attached hydrogens (tertiary/aromatic N) is 2. The molecule has 8 atom stereocenters. The fourth-order valence-corrected chi connectivity index (χ4v) is 9.83. The van der Waals surface area contributed by atoms with Crippen LogP contribution in [-0.2, 0) is 57.5 Å². The number of carbonyl (C=O) groups excluding carboxylic acids is 12. The summed E-state index contributed by atoms with van der Waals surface area (Å²) in [7, 11) is 0. The lowest BCUT2D eigenvalue weighted by atomic mass is 9.97. The van der Waals surface area contributed by atoms with Gasteiger partial charge in [-0.05, 0) is 116 Å². The SMILES string of the molecule is CC(=O)NC(C)(C)C(=O)N[C@@H](CC(N)=O)C(=O)N[C@H](C(=O)N[C@@H](CC(C)C)C(=O)NC(C)(C)C(=O)N1CCC[C@H]1C(=O)N[C@@H](CC(C)C)C(=O)N[C@@H](CC(C)C)C(=O)NC(C)(C)C(=O)N1CCC[C@H]1C(=O)N[C@H](CO)C(C)C)C(C)C. The van der Waals surface area contributed by atoms with Crippen LogP contribution in [-0.4, -0.2) is 170 Å². The highest BCUT2D eigenvalue weighted by Gasteiger charge is 2.46. The number of rotatable bonds is 30. The standard InChI is InChI=1S/C56H98N12O13/c1-29(2)24-35(44(72)58-36(25-30(3)4)46(74)65-55(14,15)53(81)68-23-19-21-41(68)49(77)61-39(28-69)32(7)8)59-48(76)40-20-18-22-67(40)52(80)56(16,17)66-47(75)37(26-31(5)6)60-50(78)43(33(9)10)63-45(73)38(27-42(57)71)62-51(79)54(12,13)64-34(11)70/h29-33,35-41,43,69H,18-28H2,1-17H3,(H2,57,71)(H,58,72)(H,59,76)(H,60,78)(H,61,77)(H,62,79)(H,63,73)(H,64,70)(H,65,74)(H,66,75)/t35-,36-,37-,38-,39+,40-,41-,43-/m0/s1. The summed E-state index contributed by atoms with van der Waals surface area (Å²) >= 11 is 0. The van der Waals surface area contributed by atoms with Crippen LogP contribution in [0.2, 0.25) is 0 Å². The van der Waals surface area contributed by atoms with Gasteiger partial charge in [-0.2, -0.15) is 0 Å². The van der Waals surface area contributed by atoms with Gasteiger partial charge in [0, 0.05) is 20.0 Å². The molecule has 0 aliphatic carbocycles. The van der Waals surface area contributed by atoms with Crippen molar-refractivity contribution in [3.8, 4) is 0 Å². The zero-order chi connectivity index (χ0) is 62.2. The molecule has 0 aromatic heterocycles. The Hall–Kier alpha value is -6.40. The van der Waals surface area contributed by atoms with Crippen LogP contribution in [0.25, 0.3) is 0 Å². The van der Waals surface area contributed by atoms with Crippen molar-refractivity contribution in [1.29, 1.82) is 0 Å². The summed E-state index contributed by atoms with van der Waals surface area (Å²) in [6.45, 7) is 28.1. The van der Waals surface area contributed by atoms with Gasteiger partial charge in [-0.3, -0.25) is 57.5 Å². The molecule has 0 spiro atoms. The van der Waals surface area contributed by atoms with Crippen molar-refractivity contribution in [2.45, 2.75) is 234 Å². The first-order valence-corrected chi connectivity index (χ1v) is 28.5. The zero-order valence-electron chi connectivity index (χ0n) is 51.1. The number of hydrogen-bond acceptors (Lipinski definition) is 13. The number of hydrogen-bond donors (Lipinski definition) is 11. The Morgan fingerprint density at radius 2 is 0.889 bits per heavy atom. The number of carbonyl (C=O) groups is 12. The van der Waals surface area contributed by atoms with Gasteiger partial charge in [0.2, 0.25) is 70.9 Å². The van der Waals surface area contributed by atoms with Gasteiger partial charge in [0.15, 0.2) is 0 Å². The first-order valence-electron chi connectivity index (χ1n) is 28.5. The van der Waals surface area contributed by atoms with E-state index in [-0.39, 0.29) is 69.1 Å². The van der Waals surface area contributed by atoms with Crippen molar-refractivity contribution < 1.29 is 62.6 Å². The lowest BCUT2D eigenvalue weighted by Crippen LogP contribution is -2.64. The van der Waals surface area contributed by atoms with Crippen LogP contribution in [0, 0.1) is 29.6 Å². The second kappa shape index (κ2) is 30.6. The van der Waals surface area contributed by atoms with E-state index in [9.17, 15) is 62.6 Å². The van der Waals surface area contributed by atoms with Crippen molar-refractivity contribution in [3.63, 3.8) is 0 Å². The Morgan fingerprint density at radius 3 is 1.26 bits per heavy atom. The third kappa shape index (κ3) is 21.5. The predicted octanol–water partition coefficient (Wildman–Crippen LogP) is -0.101. The Balaban J connectivity index is 2.30. The molecule has 2 fully saturated rings. The van der Waals surface area contributed by atoms with E-state index in [4.69, 9.17) is 5.73 Å². The molecule has 0 saturated carbocycles. The van der Waals surface area contributed by atoms with E-state index in [1.807, 2.05) is 55.4 Å². The first-order chi connectivity index (χ1) is 37.3. The summed E-state index contributed by atoms with van der Waals surface area (Å²) in [4.78, 5) is 166. The van der Waals surface area contributed by atoms with Crippen LogP contribution in [0.15, 0.2) is 0 Å². The molecule has 2 heterocycles.